The predicted octanol–water partition coefficient (Wildman–Crippen LogP) is 3.69. The minimum absolute atomic E-state index is 0. The first-order valence-corrected chi connectivity index (χ1v) is 7.03. The number of benzene rings is 1. The van der Waals surface area contributed by atoms with E-state index in [-0.39, 0.29) is 25.2 Å². The number of hydrogen-bond acceptors (Lipinski definition) is 2. The second kappa shape index (κ2) is 6.05. The molecule has 1 atom stereocenters. The standard InChI is InChI=1S/C15H18F3NO.ClH/c16-15(17,18)14(6-7-14)12-3-1-2-4-13(12)20-10-11-5-8-19-9-11;/h1-4,11,19H,5-10H2;1H. The highest BCUT2D eigenvalue weighted by Crippen LogP contribution is 2.60. The molecule has 1 aromatic rings. The molecule has 2 fully saturated rings. The highest BCUT2D eigenvalue weighted by molar-refractivity contribution is 5.85. The lowest BCUT2D eigenvalue weighted by Crippen LogP contribution is -2.29. The van der Waals surface area contributed by atoms with Crippen molar-refractivity contribution in [2.24, 2.45) is 5.92 Å². The summed E-state index contributed by atoms with van der Waals surface area (Å²) in [7, 11) is 0. The van der Waals surface area contributed by atoms with Gasteiger partial charge in [-0.25, -0.2) is 0 Å². The molecular formula is C15H19ClF3NO. The van der Waals surface area contributed by atoms with Gasteiger partial charge in [0.25, 0.3) is 0 Å². The van der Waals surface area contributed by atoms with E-state index in [2.05, 4.69) is 5.32 Å². The van der Waals surface area contributed by atoms with Gasteiger partial charge in [0.1, 0.15) is 5.75 Å². The van der Waals surface area contributed by atoms with Crippen molar-refractivity contribution in [2.45, 2.75) is 30.9 Å². The van der Waals surface area contributed by atoms with E-state index in [1.807, 2.05) is 0 Å². The van der Waals surface area contributed by atoms with Crippen LogP contribution in [0.25, 0.3) is 0 Å². The predicted molar refractivity (Wildman–Crippen MR) is 77.1 cm³/mol. The molecule has 118 valence electrons. The Kier molecular flexibility index (Phi) is 4.73. The van der Waals surface area contributed by atoms with E-state index in [0.29, 0.717) is 23.8 Å². The molecule has 2 nitrogen and oxygen atoms in total. The molecule has 1 heterocycles. The topological polar surface area (TPSA) is 21.3 Å². The number of para-hydroxylation sites is 1. The van der Waals surface area contributed by atoms with E-state index in [1.165, 1.54) is 0 Å². The summed E-state index contributed by atoms with van der Waals surface area (Å²) in [6, 6.07) is 6.61. The zero-order chi connectivity index (χ0) is 14.2. The zero-order valence-corrected chi connectivity index (χ0v) is 12.4. The molecule has 1 aromatic carbocycles. The van der Waals surface area contributed by atoms with Gasteiger partial charge in [0.15, 0.2) is 0 Å². The fourth-order valence-corrected chi connectivity index (χ4v) is 2.88. The number of rotatable bonds is 4. The number of hydrogen-bond donors (Lipinski definition) is 1. The summed E-state index contributed by atoms with van der Waals surface area (Å²) >= 11 is 0. The van der Waals surface area contributed by atoms with Crippen molar-refractivity contribution in [1.29, 1.82) is 0 Å². The molecule has 0 spiro atoms. The molecule has 0 aromatic heterocycles. The summed E-state index contributed by atoms with van der Waals surface area (Å²) in [6.45, 7) is 2.33. The van der Waals surface area contributed by atoms with E-state index in [4.69, 9.17) is 4.74 Å². The number of alkyl halides is 3. The summed E-state index contributed by atoms with van der Waals surface area (Å²) < 4.78 is 45.4. The third-order valence-electron chi connectivity index (χ3n) is 4.33. The minimum atomic E-state index is -4.19. The molecule has 2 aliphatic rings. The van der Waals surface area contributed by atoms with Crippen LogP contribution in [0.15, 0.2) is 24.3 Å². The molecule has 0 bridgehead atoms. The molecular weight excluding hydrogens is 303 g/mol. The van der Waals surface area contributed by atoms with Crippen LogP contribution in [0.3, 0.4) is 0 Å². The summed E-state index contributed by atoms with van der Waals surface area (Å²) in [4.78, 5) is 0. The Bertz CT molecular complexity index is 482. The average molecular weight is 322 g/mol. The van der Waals surface area contributed by atoms with Crippen molar-refractivity contribution in [2.75, 3.05) is 19.7 Å². The largest absolute Gasteiger partial charge is 0.493 e. The summed E-state index contributed by atoms with van der Waals surface area (Å²) in [5, 5.41) is 3.23. The smallest absolute Gasteiger partial charge is 0.398 e. The number of ether oxygens (including phenoxy) is 1. The second-order valence-electron chi connectivity index (χ2n) is 5.75. The first-order chi connectivity index (χ1) is 9.53. The van der Waals surface area contributed by atoms with Crippen LogP contribution in [0.5, 0.6) is 5.75 Å². The van der Waals surface area contributed by atoms with Crippen molar-refractivity contribution >= 4 is 12.4 Å². The monoisotopic (exact) mass is 321 g/mol. The van der Waals surface area contributed by atoms with Crippen LogP contribution in [0.4, 0.5) is 13.2 Å². The third kappa shape index (κ3) is 3.14. The Labute approximate surface area is 128 Å². The van der Waals surface area contributed by atoms with E-state index < -0.39 is 11.6 Å². The summed E-state index contributed by atoms with van der Waals surface area (Å²) in [5.41, 5.74) is -1.37. The van der Waals surface area contributed by atoms with E-state index in [9.17, 15) is 13.2 Å². The Morgan fingerprint density at radius 3 is 2.52 bits per heavy atom. The van der Waals surface area contributed by atoms with Gasteiger partial charge >= 0.3 is 6.18 Å². The van der Waals surface area contributed by atoms with E-state index in [0.717, 1.165) is 19.5 Å². The van der Waals surface area contributed by atoms with Crippen LogP contribution in [-0.2, 0) is 5.41 Å². The van der Waals surface area contributed by atoms with Gasteiger partial charge in [0.05, 0.1) is 12.0 Å². The SMILES string of the molecule is Cl.FC(F)(F)C1(c2ccccc2OCC2CCNC2)CC1. The molecule has 3 rings (SSSR count). The van der Waals surface area contributed by atoms with Crippen LogP contribution >= 0.6 is 12.4 Å². The van der Waals surface area contributed by atoms with Crippen molar-refractivity contribution in [3.63, 3.8) is 0 Å². The van der Waals surface area contributed by atoms with Crippen LogP contribution < -0.4 is 10.1 Å². The van der Waals surface area contributed by atoms with Gasteiger partial charge in [-0.2, -0.15) is 13.2 Å². The van der Waals surface area contributed by atoms with Gasteiger partial charge < -0.3 is 10.1 Å². The molecule has 1 N–H and O–H groups in total. The minimum Gasteiger partial charge on any atom is -0.493 e. The number of nitrogens with one attached hydrogen (secondary N) is 1. The van der Waals surface area contributed by atoms with Gasteiger partial charge in [-0.3, -0.25) is 0 Å². The molecule has 0 amide bonds. The molecule has 0 radical (unpaired) electrons. The van der Waals surface area contributed by atoms with Gasteiger partial charge in [-0.15, -0.1) is 12.4 Å². The summed E-state index contributed by atoms with van der Waals surface area (Å²) in [6.07, 6.45) is -2.84. The highest BCUT2D eigenvalue weighted by atomic mass is 35.5. The lowest BCUT2D eigenvalue weighted by molar-refractivity contribution is -0.161. The van der Waals surface area contributed by atoms with Gasteiger partial charge in [0, 0.05) is 18.0 Å². The summed E-state index contributed by atoms with van der Waals surface area (Å²) in [5.74, 6) is 0.790. The first-order valence-electron chi connectivity index (χ1n) is 7.03. The van der Waals surface area contributed by atoms with Crippen LogP contribution in [0.1, 0.15) is 24.8 Å². The van der Waals surface area contributed by atoms with Crippen molar-refractivity contribution in [3.8, 4) is 5.75 Å². The van der Waals surface area contributed by atoms with Crippen molar-refractivity contribution in [3.05, 3.63) is 29.8 Å². The maximum atomic E-state index is 13.2. The maximum absolute atomic E-state index is 13.2. The molecule has 1 aliphatic carbocycles. The molecule has 1 saturated heterocycles. The molecule has 6 heteroatoms. The Hall–Kier alpha value is -0.940. The Morgan fingerprint density at radius 2 is 1.95 bits per heavy atom. The van der Waals surface area contributed by atoms with Crippen molar-refractivity contribution < 1.29 is 17.9 Å². The highest BCUT2D eigenvalue weighted by Gasteiger charge is 2.65. The molecule has 1 saturated carbocycles. The van der Waals surface area contributed by atoms with Crippen LogP contribution in [-0.4, -0.2) is 25.9 Å². The Balaban J connectivity index is 0.00000161. The third-order valence-corrected chi connectivity index (χ3v) is 4.33. The maximum Gasteiger partial charge on any atom is 0.398 e. The molecule has 1 aliphatic heterocycles. The molecule has 21 heavy (non-hydrogen) atoms. The van der Waals surface area contributed by atoms with Gasteiger partial charge in [-0.05, 0) is 31.9 Å². The lowest BCUT2D eigenvalue weighted by Gasteiger charge is -2.23. The average Bonchev–Trinajstić information content (AvgIpc) is 3.08. The zero-order valence-electron chi connectivity index (χ0n) is 11.6. The normalized spacial score (nSPS) is 23.5. The van der Waals surface area contributed by atoms with Crippen molar-refractivity contribution in [1.82, 2.24) is 5.32 Å². The van der Waals surface area contributed by atoms with Crippen LogP contribution in [0.2, 0.25) is 0 Å². The fourth-order valence-electron chi connectivity index (χ4n) is 2.88. The Morgan fingerprint density at radius 1 is 1.24 bits per heavy atom. The quantitative estimate of drug-likeness (QED) is 0.913. The van der Waals surface area contributed by atoms with Crippen LogP contribution in [0, 0.1) is 5.92 Å². The lowest BCUT2D eigenvalue weighted by atomic mass is 9.94. The fraction of sp³-hybridized carbons (Fsp3) is 0.600. The van der Waals surface area contributed by atoms with E-state index >= 15 is 0 Å². The first kappa shape index (κ1) is 16.4. The van der Waals surface area contributed by atoms with Gasteiger partial charge in [-0.1, -0.05) is 18.2 Å². The van der Waals surface area contributed by atoms with E-state index in [1.54, 1.807) is 24.3 Å². The number of halogens is 4. The van der Waals surface area contributed by atoms with Gasteiger partial charge in [0.2, 0.25) is 0 Å². The second-order valence-corrected chi connectivity index (χ2v) is 5.75. The molecule has 1 unspecified atom stereocenters.